The van der Waals surface area contributed by atoms with Crippen molar-refractivity contribution in [3.05, 3.63) is 53.8 Å². The zero-order chi connectivity index (χ0) is 24.2. The molecular weight excluding hydrogens is 427 g/mol. The summed E-state index contributed by atoms with van der Waals surface area (Å²) >= 11 is 0. The lowest BCUT2D eigenvalue weighted by Crippen LogP contribution is -2.13. The average Bonchev–Trinajstić information content (AvgIpc) is 2.85. The molecule has 0 bridgehead atoms. The van der Waals surface area contributed by atoms with E-state index in [9.17, 15) is 4.79 Å². The Morgan fingerprint density at radius 2 is 1.59 bits per heavy atom. The maximum atomic E-state index is 15.0. The lowest BCUT2D eigenvalue weighted by molar-refractivity contribution is 0.0973. The number of hydrogen-bond acceptors (Lipinski definition) is 3. The van der Waals surface area contributed by atoms with E-state index in [4.69, 9.17) is 9.47 Å². The molecule has 0 amide bonds. The molecule has 0 heterocycles. The fraction of sp³-hybridized carbons (Fsp3) is 0.567. The van der Waals surface area contributed by atoms with E-state index in [0.717, 1.165) is 55.6 Å². The Morgan fingerprint density at radius 1 is 0.882 bits per heavy atom. The second kappa shape index (κ2) is 14.1. The summed E-state index contributed by atoms with van der Waals surface area (Å²) in [6, 6.07) is 12.6. The Hall–Kier alpha value is -2.36. The number of rotatable bonds is 12. The number of carbonyl (C=O) groups excluding carboxylic acids is 1. The van der Waals surface area contributed by atoms with Crippen LogP contribution in [0.25, 0.3) is 11.1 Å². The Balaban J connectivity index is 1.50. The minimum Gasteiger partial charge on any atom is -0.434 e. The van der Waals surface area contributed by atoms with Gasteiger partial charge in [0.2, 0.25) is 0 Å². The first-order valence-electron chi connectivity index (χ1n) is 13.3. The first kappa shape index (κ1) is 26.2. The molecule has 186 valence electrons. The number of carbonyl (C=O) groups is 1. The van der Waals surface area contributed by atoms with Gasteiger partial charge in [-0.1, -0.05) is 83.1 Å². The van der Waals surface area contributed by atoms with Gasteiger partial charge in [-0.05, 0) is 73.3 Å². The topological polar surface area (TPSA) is 35.5 Å². The highest BCUT2D eigenvalue weighted by Crippen LogP contribution is 2.39. The van der Waals surface area contributed by atoms with Crippen LogP contribution in [0.4, 0.5) is 9.18 Å². The van der Waals surface area contributed by atoms with Crippen LogP contribution in [0.5, 0.6) is 5.75 Å². The predicted octanol–water partition coefficient (Wildman–Crippen LogP) is 9.44. The third-order valence-electron chi connectivity index (χ3n) is 7.11. The zero-order valence-corrected chi connectivity index (χ0v) is 21.0. The van der Waals surface area contributed by atoms with Crippen LogP contribution in [0.2, 0.25) is 0 Å². The summed E-state index contributed by atoms with van der Waals surface area (Å²) in [4.78, 5) is 11.8. The molecule has 34 heavy (non-hydrogen) atoms. The third kappa shape index (κ3) is 8.14. The Labute approximate surface area is 205 Å². The van der Waals surface area contributed by atoms with Gasteiger partial charge in [0.05, 0.1) is 6.61 Å². The van der Waals surface area contributed by atoms with Gasteiger partial charge in [0.25, 0.3) is 0 Å². The molecule has 0 aliphatic heterocycles. The number of ether oxygens (including phenoxy) is 2. The monoisotopic (exact) mass is 468 g/mol. The van der Waals surface area contributed by atoms with Crippen molar-refractivity contribution in [2.45, 2.75) is 96.8 Å². The summed E-state index contributed by atoms with van der Waals surface area (Å²) in [5.41, 5.74) is 2.46. The van der Waals surface area contributed by atoms with Gasteiger partial charge in [-0.15, -0.1) is 0 Å². The number of benzene rings is 2. The lowest BCUT2D eigenvalue weighted by Gasteiger charge is -2.29. The van der Waals surface area contributed by atoms with E-state index in [0.29, 0.717) is 23.8 Å². The van der Waals surface area contributed by atoms with Gasteiger partial charge in [0.15, 0.2) is 0 Å². The average molecular weight is 469 g/mol. The summed E-state index contributed by atoms with van der Waals surface area (Å²) in [5.74, 6) is 1.53. The minimum atomic E-state index is -0.695. The Bertz CT molecular complexity index is 869. The van der Waals surface area contributed by atoms with Gasteiger partial charge < -0.3 is 9.47 Å². The molecule has 1 fully saturated rings. The zero-order valence-electron chi connectivity index (χ0n) is 21.0. The van der Waals surface area contributed by atoms with Crippen molar-refractivity contribution >= 4 is 6.16 Å². The van der Waals surface area contributed by atoms with Crippen LogP contribution in [0.1, 0.15) is 102 Å². The van der Waals surface area contributed by atoms with Gasteiger partial charge in [-0.3, -0.25) is 0 Å². The smallest absolute Gasteiger partial charge is 0.434 e. The van der Waals surface area contributed by atoms with Crippen LogP contribution in [0, 0.1) is 11.7 Å². The summed E-state index contributed by atoms with van der Waals surface area (Å²) < 4.78 is 25.3. The molecule has 2 aromatic carbocycles. The molecule has 0 atom stereocenters. The highest BCUT2D eigenvalue weighted by Gasteiger charge is 2.23. The van der Waals surface area contributed by atoms with E-state index in [1.54, 1.807) is 30.3 Å². The second-order valence-electron chi connectivity index (χ2n) is 9.74. The van der Waals surface area contributed by atoms with E-state index in [1.807, 2.05) is 6.07 Å². The van der Waals surface area contributed by atoms with Crippen molar-refractivity contribution in [3.63, 3.8) is 0 Å². The molecule has 4 heteroatoms. The molecule has 0 radical (unpaired) electrons. The van der Waals surface area contributed by atoms with Crippen molar-refractivity contribution in [1.29, 1.82) is 0 Å². The molecule has 0 unspecified atom stereocenters. The van der Waals surface area contributed by atoms with Crippen molar-refractivity contribution in [3.8, 4) is 16.9 Å². The van der Waals surface area contributed by atoms with Crippen molar-refractivity contribution in [2.75, 3.05) is 6.61 Å². The highest BCUT2D eigenvalue weighted by atomic mass is 19.1. The maximum Gasteiger partial charge on any atom is 0.513 e. The molecule has 1 aliphatic rings. The van der Waals surface area contributed by atoms with E-state index >= 15 is 4.39 Å². The van der Waals surface area contributed by atoms with E-state index in [-0.39, 0.29) is 5.82 Å². The fourth-order valence-corrected chi connectivity index (χ4v) is 5.00. The van der Waals surface area contributed by atoms with E-state index in [2.05, 4.69) is 19.9 Å². The summed E-state index contributed by atoms with van der Waals surface area (Å²) in [5, 5.41) is 0. The van der Waals surface area contributed by atoms with Crippen LogP contribution in [-0.4, -0.2) is 12.8 Å². The molecule has 0 N–H and O–H groups in total. The first-order chi connectivity index (χ1) is 16.6. The summed E-state index contributed by atoms with van der Waals surface area (Å²) in [6.07, 6.45) is 13.6. The standard InChI is InChI=1S/C30H41FO3/c1-3-5-7-9-21-33-30(32)34-27-18-15-25(16-19-27)28-20-17-26(22-29(28)31)24-13-11-23(12-14-24)10-8-6-4-2/h15-20,22-24H,3-14,21H2,1-2H3/t23-,24-. The quantitative estimate of drug-likeness (QED) is 0.177. The Morgan fingerprint density at radius 3 is 2.26 bits per heavy atom. The van der Waals surface area contributed by atoms with Crippen LogP contribution in [-0.2, 0) is 4.74 Å². The fourth-order valence-electron chi connectivity index (χ4n) is 5.00. The van der Waals surface area contributed by atoms with Crippen LogP contribution in [0.15, 0.2) is 42.5 Å². The van der Waals surface area contributed by atoms with Crippen LogP contribution >= 0.6 is 0 Å². The van der Waals surface area contributed by atoms with Crippen LogP contribution < -0.4 is 4.74 Å². The number of halogens is 1. The lowest BCUT2D eigenvalue weighted by atomic mass is 9.77. The van der Waals surface area contributed by atoms with Crippen molar-refractivity contribution < 1.29 is 18.7 Å². The highest BCUT2D eigenvalue weighted by molar-refractivity contribution is 5.67. The largest absolute Gasteiger partial charge is 0.513 e. The van der Waals surface area contributed by atoms with E-state index in [1.165, 1.54) is 38.5 Å². The molecule has 1 saturated carbocycles. The van der Waals surface area contributed by atoms with Gasteiger partial charge in [-0.2, -0.15) is 0 Å². The SMILES string of the molecule is CCCCCCOC(=O)Oc1ccc(-c2ccc([C@H]3CC[C@H](CCCCC)CC3)cc2F)cc1. The molecule has 0 aromatic heterocycles. The van der Waals surface area contributed by atoms with Crippen molar-refractivity contribution in [2.24, 2.45) is 5.92 Å². The summed E-state index contributed by atoms with van der Waals surface area (Å²) in [7, 11) is 0. The van der Waals surface area contributed by atoms with Crippen molar-refractivity contribution in [1.82, 2.24) is 0 Å². The molecular formula is C30H41FO3. The van der Waals surface area contributed by atoms with Gasteiger partial charge in [-0.25, -0.2) is 9.18 Å². The Kier molecular flexibility index (Phi) is 10.9. The first-order valence-corrected chi connectivity index (χ1v) is 13.3. The van der Waals surface area contributed by atoms with Gasteiger partial charge in [0, 0.05) is 5.56 Å². The van der Waals surface area contributed by atoms with E-state index < -0.39 is 6.16 Å². The molecule has 2 aromatic rings. The predicted molar refractivity (Wildman–Crippen MR) is 137 cm³/mol. The second-order valence-corrected chi connectivity index (χ2v) is 9.74. The normalized spacial score (nSPS) is 18.0. The molecule has 1 aliphatic carbocycles. The number of hydrogen-bond donors (Lipinski definition) is 0. The van der Waals surface area contributed by atoms with Gasteiger partial charge in [0.1, 0.15) is 11.6 Å². The molecule has 0 saturated heterocycles. The number of unbranched alkanes of at least 4 members (excludes halogenated alkanes) is 5. The van der Waals surface area contributed by atoms with Gasteiger partial charge >= 0.3 is 6.16 Å². The maximum absolute atomic E-state index is 15.0. The summed E-state index contributed by atoms with van der Waals surface area (Å²) in [6.45, 7) is 4.76. The minimum absolute atomic E-state index is 0.192. The third-order valence-corrected chi connectivity index (χ3v) is 7.11. The molecule has 0 spiro atoms. The molecule has 3 nitrogen and oxygen atoms in total. The van der Waals surface area contributed by atoms with Crippen LogP contribution in [0.3, 0.4) is 0 Å². The molecule has 3 rings (SSSR count).